The summed E-state index contributed by atoms with van der Waals surface area (Å²) in [5.74, 6) is 0.874. The third-order valence-corrected chi connectivity index (χ3v) is 3.29. The van der Waals surface area contributed by atoms with Crippen LogP contribution in [0.15, 0.2) is 53.0 Å². The normalized spacial score (nSPS) is 10.4. The molecule has 0 aliphatic carbocycles. The van der Waals surface area contributed by atoms with Crippen molar-refractivity contribution in [2.45, 2.75) is 6.54 Å². The summed E-state index contributed by atoms with van der Waals surface area (Å²) in [6.07, 6.45) is 0. The number of nitrogens with one attached hydrogen (secondary N) is 1. The van der Waals surface area contributed by atoms with Crippen LogP contribution >= 0.6 is 27.5 Å². The molecule has 0 atom stereocenters. The minimum atomic E-state index is 0.636. The lowest BCUT2D eigenvalue weighted by atomic mass is 10.2. The average molecular weight is 341 g/mol. The van der Waals surface area contributed by atoms with Crippen LogP contribution in [0, 0.1) is 0 Å². The summed E-state index contributed by atoms with van der Waals surface area (Å²) in [7, 11) is 0. The van der Waals surface area contributed by atoms with Crippen molar-refractivity contribution in [2.75, 3.05) is 13.2 Å². The highest BCUT2D eigenvalue weighted by molar-refractivity contribution is 9.10. The van der Waals surface area contributed by atoms with Crippen LogP contribution in [0.4, 0.5) is 0 Å². The lowest BCUT2D eigenvalue weighted by molar-refractivity contribution is 0.313. The molecule has 0 spiro atoms. The highest BCUT2D eigenvalue weighted by atomic mass is 79.9. The van der Waals surface area contributed by atoms with E-state index < -0.39 is 0 Å². The maximum absolute atomic E-state index is 5.92. The van der Waals surface area contributed by atoms with E-state index in [4.69, 9.17) is 16.3 Å². The molecule has 2 aromatic carbocycles. The van der Waals surface area contributed by atoms with Gasteiger partial charge in [0.2, 0.25) is 0 Å². The number of halogens is 2. The molecule has 0 aliphatic heterocycles. The quantitative estimate of drug-likeness (QED) is 0.793. The summed E-state index contributed by atoms with van der Waals surface area (Å²) in [6, 6.07) is 15.7. The molecule has 4 heteroatoms. The maximum atomic E-state index is 5.92. The van der Waals surface area contributed by atoms with Crippen molar-refractivity contribution in [3.05, 3.63) is 63.6 Å². The van der Waals surface area contributed by atoms with Crippen molar-refractivity contribution < 1.29 is 4.74 Å². The van der Waals surface area contributed by atoms with Gasteiger partial charge in [-0.15, -0.1) is 0 Å². The van der Waals surface area contributed by atoms with Gasteiger partial charge in [-0.05, 0) is 35.9 Å². The van der Waals surface area contributed by atoms with Crippen molar-refractivity contribution >= 4 is 27.5 Å². The van der Waals surface area contributed by atoms with Crippen molar-refractivity contribution in [1.29, 1.82) is 0 Å². The lowest BCUT2D eigenvalue weighted by Crippen LogP contribution is -2.20. The topological polar surface area (TPSA) is 21.3 Å². The van der Waals surface area contributed by atoms with E-state index in [1.807, 2.05) is 48.5 Å². The van der Waals surface area contributed by atoms with Crippen LogP contribution in [0.3, 0.4) is 0 Å². The summed E-state index contributed by atoms with van der Waals surface area (Å²) in [4.78, 5) is 0. The zero-order chi connectivity index (χ0) is 13.5. The molecule has 0 fully saturated rings. The monoisotopic (exact) mass is 339 g/mol. The molecule has 0 amide bonds. The SMILES string of the molecule is Clc1cccc(CNCCOc2cccc(Br)c2)c1. The first-order valence-corrected chi connectivity index (χ1v) is 7.25. The summed E-state index contributed by atoms with van der Waals surface area (Å²) >= 11 is 9.34. The van der Waals surface area contributed by atoms with Crippen LogP contribution in [0.1, 0.15) is 5.56 Å². The van der Waals surface area contributed by atoms with Gasteiger partial charge in [-0.2, -0.15) is 0 Å². The second-order valence-electron chi connectivity index (χ2n) is 4.11. The van der Waals surface area contributed by atoms with Gasteiger partial charge in [0.05, 0.1) is 0 Å². The van der Waals surface area contributed by atoms with Crippen LogP contribution in [0.25, 0.3) is 0 Å². The Morgan fingerprint density at radius 2 is 1.95 bits per heavy atom. The standard InChI is InChI=1S/C15H15BrClNO/c16-13-4-2-6-15(10-13)19-8-7-18-11-12-3-1-5-14(17)9-12/h1-6,9-10,18H,7-8,11H2. The second kappa shape index (κ2) is 7.53. The first-order chi connectivity index (χ1) is 9.24. The van der Waals surface area contributed by atoms with Gasteiger partial charge in [-0.25, -0.2) is 0 Å². The number of rotatable bonds is 6. The van der Waals surface area contributed by atoms with Gasteiger partial charge in [-0.3, -0.25) is 0 Å². The summed E-state index contributed by atoms with van der Waals surface area (Å²) in [5.41, 5.74) is 1.18. The summed E-state index contributed by atoms with van der Waals surface area (Å²) < 4.78 is 6.65. The van der Waals surface area contributed by atoms with Crippen LogP contribution in [0.5, 0.6) is 5.75 Å². The summed E-state index contributed by atoms with van der Waals surface area (Å²) in [5, 5.41) is 4.09. The van der Waals surface area contributed by atoms with Crippen molar-refractivity contribution in [3.63, 3.8) is 0 Å². The fraction of sp³-hybridized carbons (Fsp3) is 0.200. The third-order valence-electron chi connectivity index (χ3n) is 2.56. The molecular formula is C15H15BrClNO. The largest absolute Gasteiger partial charge is 0.492 e. The number of hydrogen-bond donors (Lipinski definition) is 1. The second-order valence-corrected chi connectivity index (χ2v) is 5.46. The first-order valence-electron chi connectivity index (χ1n) is 6.07. The van der Waals surface area contributed by atoms with Gasteiger partial charge in [0, 0.05) is 22.6 Å². The highest BCUT2D eigenvalue weighted by Gasteiger charge is 1.96. The van der Waals surface area contributed by atoms with E-state index in [0.29, 0.717) is 6.61 Å². The van der Waals surface area contributed by atoms with Crippen LogP contribution in [-0.4, -0.2) is 13.2 Å². The van der Waals surface area contributed by atoms with Crippen molar-refractivity contribution in [1.82, 2.24) is 5.32 Å². The van der Waals surface area contributed by atoms with E-state index in [1.54, 1.807) is 0 Å². The van der Waals surface area contributed by atoms with E-state index in [1.165, 1.54) is 5.56 Å². The van der Waals surface area contributed by atoms with Crippen molar-refractivity contribution in [3.8, 4) is 5.75 Å². The first kappa shape index (κ1) is 14.4. The maximum Gasteiger partial charge on any atom is 0.120 e. The molecule has 19 heavy (non-hydrogen) atoms. The molecule has 2 rings (SSSR count). The molecule has 2 nitrogen and oxygen atoms in total. The predicted octanol–water partition coefficient (Wildman–Crippen LogP) is 4.27. The Kier molecular flexibility index (Phi) is 5.70. The summed E-state index contributed by atoms with van der Waals surface area (Å²) in [6.45, 7) is 2.22. The van der Waals surface area contributed by atoms with Gasteiger partial charge in [0.1, 0.15) is 12.4 Å². The Labute approximate surface area is 126 Å². The average Bonchev–Trinajstić information content (AvgIpc) is 2.38. The molecule has 0 heterocycles. The Bertz CT molecular complexity index is 486. The Hall–Kier alpha value is -1.03. The number of hydrogen-bond acceptors (Lipinski definition) is 2. The molecule has 0 bridgehead atoms. The van der Waals surface area contributed by atoms with Crippen LogP contribution in [-0.2, 0) is 6.54 Å². The molecule has 2 aromatic rings. The predicted molar refractivity (Wildman–Crippen MR) is 82.8 cm³/mol. The van der Waals surface area contributed by atoms with Gasteiger partial charge < -0.3 is 10.1 Å². The molecule has 0 radical (unpaired) electrons. The third kappa shape index (κ3) is 5.23. The van der Waals surface area contributed by atoms with E-state index in [2.05, 4.69) is 21.2 Å². The minimum Gasteiger partial charge on any atom is -0.492 e. The smallest absolute Gasteiger partial charge is 0.120 e. The Balaban J connectivity index is 1.67. The number of ether oxygens (including phenoxy) is 1. The molecule has 0 aliphatic rings. The Morgan fingerprint density at radius 1 is 1.11 bits per heavy atom. The van der Waals surface area contributed by atoms with Crippen molar-refractivity contribution in [2.24, 2.45) is 0 Å². The highest BCUT2D eigenvalue weighted by Crippen LogP contribution is 2.17. The van der Waals surface area contributed by atoms with Crippen LogP contribution < -0.4 is 10.1 Å². The molecule has 0 aromatic heterocycles. The molecule has 1 N–H and O–H groups in total. The van der Waals surface area contributed by atoms with Gasteiger partial charge in [0.25, 0.3) is 0 Å². The lowest BCUT2D eigenvalue weighted by Gasteiger charge is -2.08. The van der Waals surface area contributed by atoms with E-state index in [9.17, 15) is 0 Å². The van der Waals surface area contributed by atoms with E-state index in [-0.39, 0.29) is 0 Å². The fourth-order valence-corrected chi connectivity index (χ4v) is 2.27. The zero-order valence-corrected chi connectivity index (χ0v) is 12.7. The molecular weight excluding hydrogens is 326 g/mol. The van der Waals surface area contributed by atoms with Gasteiger partial charge in [0.15, 0.2) is 0 Å². The van der Waals surface area contributed by atoms with E-state index >= 15 is 0 Å². The number of benzene rings is 2. The Morgan fingerprint density at radius 3 is 2.74 bits per heavy atom. The van der Waals surface area contributed by atoms with Gasteiger partial charge in [-0.1, -0.05) is 45.7 Å². The molecule has 0 saturated heterocycles. The van der Waals surface area contributed by atoms with Crippen LogP contribution in [0.2, 0.25) is 5.02 Å². The minimum absolute atomic E-state index is 0.636. The molecule has 0 unspecified atom stereocenters. The fourth-order valence-electron chi connectivity index (χ4n) is 1.68. The molecule has 100 valence electrons. The zero-order valence-electron chi connectivity index (χ0n) is 10.4. The molecule has 0 saturated carbocycles. The van der Waals surface area contributed by atoms with E-state index in [0.717, 1.165) is 28.3 Å². The van der Waals surface area contributed by atoms with Gasteiger partial charge >= 0.3 is 0 Å².